The summed E-state index contributed by atoms with van der Waals surface area (Å²) in [4.78, 5) is 25.2. The van der Waals surface area contributed by atoms with Crippen LogP contribution in [-0.4, -0.2) is 36.1 Å². The van der Waals surface area contributed by atoms with Crippen molar-refractivity contribution in [2.45, 2.75) is 26.1 Å². The molecule has 1 fully saturated rings. The number of ether oxygens (including phenoxy) is 2. The van der Waals surface area contributed by atoms with Crippen LogP contribution in [0.1, 0.15) is 19.8 Å². The number of hydrogen-bond donors (Lipinski definition) is 1. The predicted molar refractivity (Wildman–Crippen MR) is 76.3 cm³/mol. The summed E-state index contributed by atoms with van der Waals surface area (Å²) in [6, 6.07) is 4.11. The van der Waals surface area contributed by atoms with Crippen molar-refractivity contribution in [3.63, 3.8) is 0 Å². The molecule has 2 aliphatic heterocycles. The summed E-state index contributed by atoms with van der Waals surface area (Å²) in [6.07, 6.45) is -2.52. The van der Waals surface area contributed by atoms with Gasteiger partial charge in [-0.25, -0.2) is 0 Å². The molecule has 2 heterocycles. The van der Waals surface area contributed by atoms with Crippen LogP contribution in [0.5, 0.6) is 11.5 Å². The van der Waals surface area contributed by atoms with Gasteiger partial charge in [-0.1, -0.05) is 0 Å². The monoisotopic (exact) mass is 326 g/mol. The van der Waals surface area contributed by atoms with E-state index in [1.54, 1.807) is 4.90 Å². The average Bonchev–Trinajstić information content (AvgIpc) is 2.80. The SMILES string of the molecule is CC(=O)N1CCC(C(=O)Nc2ccc3c(c2)OC(F)(F)O3)CC1. The van der Waals surface area contributed by atoms with E-state index in [4.69, 9.17) is 0 Å². The minimum absolute atomic E-state index is 0.000516. The number of piperidine rings is 1. The summed E-state index contributed by atoms with van der Waals surface area (Å²) in [6.45, 7) is 2.59. The van der Waals surface area contributed by atoms with Gasteiger partial charge in [-0.05, 0) is 25.0 Å². The maximum atomic E-state index is 13.0. The van der Waals surface area contributed by atoms with Gasteiger partial charge in [0, 0.05) is 37.7 Å². The number of nitrogens with zero attached hydrogens (tertiary/aromatic N) is 1. The Hall–Kier alpha value is -2.38. The number of likely N-dealkylation sites (tertiary alicyclic amines) is 1. The molecule has 2 aliphatic rings. The van der Waals surface area contributed by atoms with Gasteiger partial charge in [0.25, 0.3) is 0 Å². The minimum atomic E-state index is -3.68. The molecule has 1 N–H and O–H groups in total. The van der Waals surface area contributed by atoms with Gasteiger partial charge in [0.2, 0.25) is 11.8 Å². The van der Waals surface area contributed by atoms with E-state index in [9.17, 15) is 18.4 Å². The Balaban J connectivity index is 1.60. The van der Waals surface area contributed by atoms with E-state index in [0.717, 1.165) is 0 Å². The normalized spacial score (nSPS) is 19.5. The number of nitrogens with one attached hydrogen (secondary N) is 1. The van der Waals surface area contributed by atoms with E-state index in [2.05, 4.69) is 14.8 Å². The minimum Gasteiger partial charge on any atom is -0.395 e. The lowest BCUT2D eigenvalue weighted by atomic mass is 9.96. The zero-order valence-corrected chi connectivity index (χ0v) is 12.5. The number of anilines is 1. The molecule has 1 aromatic carbocycles. The first kappa shape index (κ1) is 15.5. The van der Waals surface area contributed by atoms with Gasteiger partial charge in [0.1, 0.15) is 0 Å². The maximum Gasteiger partial charge on any atom is 0.586 e. The molecular formula is C15H16F2N2O4. The number of hydrogen-bond acceptors (Lipinski definition) is 4. The van der Waals surface area contributed by atoms with Crippen molar-refractivity contribution in [3.8, 4) is 11.5 Å². The topological polar surface area (TPSA) is 67.9 Å². The molecule has 0 aliphatic carbocycles. The van der Waals surface area contributed by atoms with Gasteiger partial charge < -0.3 is 19.7 Å². The molecule has 0 unspecified atom stereocenters. The highest BCUT2D eigenvalue weighted by atomic mass is 19.3. The van der Waals surface area contributed by atoms with Crippen molar-refractivity contribution in [1.29, 1.82) is 0 Å². The van der Waals surface area contributed by atoms with Crippen LogP contribution in [0.15, 0.2) is 18.2 Å². The zero-order chi connectivity index (χ0) is 16.6. The van der Waals surface area contributed by atoms with Crippen LogP contribution >= 0.6 is 0 Å². The van der Waals surface area contributed by atoms with Crippen molar-refractivity contribution in [2.75, 3.05) is 18.4 Å². The van der Waals surface area contributed by atoms with Crippen molar-refractivity contribution >= 4 is 17.5 Å². The van der Waals surface area contributed by atoms with Crippen molar-refractivity contribution in [1.82, 2.24) is 4.90 Å². The molecule has 23 heavy (non-hydrogen) atoms. The summed E-state index contributed by atoms with van der Waals surface area (Å²) < 4.78 is 34.6. The largest absolute Gasteiger partial charge is 0.586 e. The van der Waals surface area contributed by atoms with Crippen LogP contribution in [0.4, 0.5) is 14.5 Å². The quantitative estimate of drug-likeness (QED) is 0.905. The lowest BCUT2D eigenvalue weighted by Gasteiger charge is -2.30. The summed E-state index contributed by atoms with van der Waals surface area (Å²) >= 11 is 0. The van der Waals surface area contributed by atoms with Gasteiger partial charge in [-0.15, -0.1) is 8.78 Å². The standard InChI is InChI=1S/C15H16F2N2O4/c1-9(20)19-6-4-10(5-7-19)14(21)18-11-2-3-12-13(8-11)23-15(16,17)22-12/h2-3,8,10H,4-7H2,1H3,(H,18,21). The van der Waals surface area contributed by atoms with Gasteiger partial charge in [0.05, 0.1) is 0 Å². The van der Waals surface area contributed by atoms with Gasteiger partial charge >= 0.3 is 6.29 Å². The Labute approximate surface area is 131 Å². The van der Waals surface area contributed by atoms with Crippen LogP contribution in [-0.2, 0) is 9.59 Å². The number of fused-ring (bicyclic) bond motifs is 1. The number of rotatable bonds is 2. The average molecular weight is 326 g/mol. The molecule has 0 bridgehead atoms. The van der Waals surface area contributed by atoms with Crippen LogP contribution in [0, 0.1) is 5.92 Å². The number of amides is 2. The molecule has 0 saturated carbocycles. The summed E-state index contributed by atoms with van der Waals surface area (Å²) in [5, 5.41) is 2.69. The fourth-order valence-corrected chi connectivity index (χ4v) is 2.73. The summed E-state index contributed by atoms with van der Waals surface area (Å²) in [5.41, 5.74) is 0.365. The molecule has 8 heteroatoms. The number of benzene rings is 1. The highest BCUT2D eigenvalue weighted by Gasteiger charge is 2.43. The Kier molecular flexibility index (Phi) is 3.83. The van der Waals surface area contributed by atoms with Gasteiger partial charge in [-0.3, -0.25) is 9.59 Å². The summed E-state index contributed by atoms with van der Waals surface area (Å²) in [5.74, 6) is -0.584. The van der Waals surface area contributed by atoms with Gasteiger partial charge in [0.15, 0.2) is 11.5 Å². The van der Waals surface area contributed by atoms with E-state index in [1.807, 2.05) is 0 Å². The number of alkyl halides is 2. The third-order valence-electron chi connectivity index (χ3n) is 3.98. The Morgan fingerprint density at radius 2 is 1.87 bits per heavy atom. The van der Waals surface area contributed by atoms with Crippen molar-refractivity contribution in [3.05, 3.63) is 18.2 Å². The second-order valence-corrected chi connectivity index (χ2v) is 5.60. The molecule has 2 amide bonds. The van der Waals surface area contributed by atoms with Gasteiger partial charge in [-0.2, -0.15) is 0 Å². The molecule has 0 atom stereocenters. The first-order chi connectivity index (χ1) is 10.8. The van der Waals surface area contributed by atoms with Crippen LogP contribution in [0.2, 0.25) is 0 Å². The molecule has 124 valence electrons. The Morgan fingerprint density at radius 3 is 2.52 bits per heavy atom. The Bertz CT molecular complexity index is 642. The van der Waals surface area contributed by atoms with E-state index in [0.29, 0.717) is 31.6 Å². The molecular weight excluding hydrogens is 310 g/mol. The molecule has 0 aromatic heterocycles. The molecule has 0 radical (unpaired) electrons. The van der Waals surface area contributed by atoms with Crippen molar-refractivity contribution in [2.24, 2.45) is 5.92 Å². The highest BCUT2D eigenvalue weighted by molar-refractivity contribution is 5.93. The van der Waals surface area contributed by atoms with E-state index < -0.39 is 6.29 Å². The second-order valence-electron chi connectivity index (χ2n) is 5.60. The maximum absolute atomic E-state index is 13.0. The van der Waals surface area contributed by atoms with Crippen LogP contribution < -0.4 is 14.8 Å². The fourth-order valence-electron chi connectivity index (χ4n) is 2.73. The lowest BCUT2D eigenvalue weighted by Crippen LogP contribution is -2.40. The van der Waals surface area contributed by atoms with Crippen LogP contribution in [0.3, 0.4) is 0 Å². The Morgan fingerprint density at radius 1 is 1.22 bits per heavy atom. The molecule has 0 spiro atoms. The second kappa shape index (κ2) is 5.68. The third-order valence-corrected chi connectivity index (χ3v) is 3.98. The van der Waals surface area contributed by atoms with E-state index in [-0.39, 0.29) is 29.2 Å². The molecule has 3 rings (SSSR count). The van der Waals surface area contributed by atoms with E-state index >= 15 is 0 Å². The molecule has 1 aromatic rings. The molecule has 1 saturated heterocycles. The molecule has 6 nitrogen and oxygen atoms in total. The lowest BCUT2D eigenvalue weighted by molar-refractivity contribution is -0.286. The first-order valence-corrected chi connectivity index (χ1v) is 7.30. The predicted octanol–water partition coefficient (Wildman–Crippen LogP) is 2.21. The summed E-state index contributed by atoms with van der Waals surface area (Å²) in [7, 11) is 0. The fraction of sp³-hybridized carbons (Fsp3) is 0.467. The van der Waals surface area contributed by atoms with Crippen molar-refractivity contribution < 1.29 is 27.8 Å². The number of carbonyl (C=O) groups is 2. The smallest absolute Gasteiger partial charge is 0.395 e. The number of halogens is 2. The third kappa shape index (κ3) is 3.35. The highest BCUT2D eigenvalue weighted by Crippen LogP contribution is 2.42. The van der Waals surface area contributed by atoms with E-state index in [1.165, 1.54) is 25.1 Å². The zero-order valence-electron chi connectivity index (χ0n) is 12.5. The number of carbonyl (C=O) groups excluding carboxylic acids is 2. The first-order valence-electron chi connectivity index (χ1n) is 7.30. The van der Waals surface area contributed by atoms with Crippen LogP contribution in [0.25, 0.3) is 0 Å².